The van der Waals surface area contributed by atoms with E-state index in [1.54, 1.807) is 17.1 Å². The van der Waals surface area contributed by atoms with Gasteiger partial charge in [-0.1, -0.05) is 35.5 Å². The van der Waals surface area contributed by atoms with Gasteiger partial charge in [0.2, 0.25) is 0 Å². The maximum atomic E-state index is 12.6. The molecule has 0 saturated carbocycles. The van der Waals surface area contributed by atoms with E-state index in [0.29, 0.717) is 17.9 Å². The number of aromatic nitrogens is 3. The van der Waals surface area contributed by atoms with Crippen LogP contribution >= 0.6 is 0 Å². The van der Waals surface area contributed by atoms with Gasteiger partial charge in [0.25, 0.3) is 5.91 Å². The molecule has 24 heavy (non-hydrogen) atoms. The molecule has 1 N–H and O–H groups in total. The average Bonchev–Trinajstić information content (AvgIpc) is 3.21. The van der Waals surface area contributed by atoms with E-state index in [2.05, 4.69) is 15.6 Å². The third-order valence-corrected chi connectivity index (χ3v) is 3.97. The largest absolute Gasteiger partial charge is 0.460 e. The predicted molar refractivity (Wildman–Crippen MR) is 90.6 cm³/mol. The molecule has 124 valence electrons. The molecule has 0 fully saturated rings. The number of benzene rings is 1. The molecular weight excluding hydrogens is 304 g/mol. The van der Waals surface area contributed by atoms with Gasteiger partial charge in [-0.05, 0) is 20.3 Å². The van der Waals surface area contributed by atoms with Crippen LogP contribution in [0.5, 0.6) is 0 Å². The zero-order valence-electron chi connectivity index (χ0n) is 13.8. The number of aryl methyl sites for hydroxylation is 2. The van der Waals surface area contributed by atoms with Crippen LogP contribution < -0.4 is 5.32 Å². The molecule has 1 amide bonds. The van der Waals surface area contributed by atoms with Gasteiger partial charge in [0.1, 0.15) is 11.5 Å². The lowest BCUT2D eigenvalue weighted by Gasteiger charge is -2.07. The van der Waals surface area contributed by atoms with Crippen molar-refractivity contribution in [1.82, 2.24) is 20.3 Å². The molecule has 3 rings (SSSR count). The molecule has 0 aliphatic carbocycles. The van der Waals surface area contributed by atoms with Gasteiger partial charge in [-0.3, -0.25) is 9.48 Å². The van der Waals surface area contributed by atoms with Crippen molar-refractivity contribution in [3.8, 4) is 11.3 Å². The van der Waals surface area contributed by atoms with E-state index < -0.39 is 0 Å². The number of nitrogens with zero attached hydrogens (tertiary/aromatic N) is 3. The summed E-state index contributed by atoms with van der Waals surface area (Å²) in [6.45, 7) is 5.07. The highest BCUT2D eigenvalue weighted by atomic mass is 16.3. The van der Waals surface area contributed by atoms with Crippen LogP contribution in [0.3, 0.4) is 0 Å². The quantitative estimate of drug-likeness (QED) is 0.708. The van der Waals surface area contributed by atoms with Crippen molar-refractivity contribution in [3.63, 3.8) is 0 Å². The molecule has 2 aromatic heterocycles. The molecule has 0 aliphatic rings. The first-order chi connectivity index (χ1) is 11.7. The van der Waals surface area contributed by atoms with Crippen LogP contribution in [0.15, 0.2) is 47.1 Å². The second-order valence-corrected chi connectivity index (χ2v) is 5.63. The van der Waals surface area contributed by atoms with Gasteiger partial charge in [0, 0.05) is 30.4 Å². The van der Waals surface area contributed by atoms with Crippen molar-refractivity contribution >= 4 is 5.91 Å². The van der Waals surface area contributed by atoms with Crippen LogP contribution in [0.2, 0.25) is 0 Å². The number of hydrogen-bond acceptors (Lipinski definition) is 4. The summed E-state index contributed by atoms with van der Waals surface area (Å²) < 4.78 is 7.58. The Labute approximate surface area is 140 Å². The molecule has 0 radical (unpaired) electrons. The van der Waals surface area contributed by atoms with Crippen molar-refractivity contribution < 1.29 is 9.21 Å². The molecule has 0 aliphatic heterocycles. The smallest absolute Gasteiger partial charge is 0.255 e. The standard InChI is InChI=1S/C18H20N4O2/c1-13-14(2)24-17(15-7-4-3-5-8-15)16(13)18(23)19-9-6-11-22-12-10-20-21-22/h3-5,7-8,10,12H,6,9,11H2,1-2H3,(H,19,23). The lowest BCUT2D eigenvalue weighted by Crippen LogP contribution is -2.26. The summed E-state index contributed by atoms with van der Waals surface area (Å²) in [5.74, 6) is 1.28. The van der Waals surface area contributed by atoms with Crippen LogP contribution in [0.4, 0.5) is 0 Å². The van der Waals surface area contributed by atoms with E-state index in [9.17, 15) is 4.79 Å². The minimum Gasteiger partial charge on any atom is -0.460 e. The minimum absolute atomic E-state index is 0.109. The molecule has 1 aromatic carbocycles. The fourth-order valence-electron chi connectivity index (χ4n) is 2.58. The number of rotatable bonds is 6. The van der Waals surface area contributed by atoms with Gasteiger partial charge < -0.3 is 9.73 Å². The summed E-state index contributed by atoms with van der Waals surface area (Å²) in [6.07, 6.45) is 4.23. The summed E-state index contributed by atoms with van der Waals surface area (Å²) >= 11 is 0. The van der Waals surface area contributed by atoms with E-state index >= 15 is 0 Å². The minimum atomic E-state index is -0.109. The fourth-order valence-corrected chi connectivity index (χ4v) is 2.58. The number of nitrogens with one attached hydrogen (secondary N) is 1. The molecule has 0 bridgehead atoms. The highest BCUT2D eigenvalue weighted by Crippen LogP contribution is 2.30. The molecule has 0 spiro atoms. The lowest BCUT2D eigenvalue weighted by atomic mass is 10.0. The number of carbonyl (C=O) groups is 1. The third-order valence-electron chi connectivity index (χ3n) is 3.97. The first-order valence-corrected chi connectivity index (χ1v) is 7.94. The van der Waals surface area contributed by atoms with Crippen LogP contribution in [-0.4, -0.2) is 27.4 Å². The second-order valence-electron chi connectivity index (χ2n) is 5.63. The van der Waals surface area contributed by atoms with Gasteiger partial charge in [0.05, 0.1) is 11.8 Å². The molecular formula is C18H20N4O2. The summed E-state index contributed by atoms with van der Waals surface area (Å²) in [7, 11) is 0. The molecule has 6 nitrogen and oxygen atoms in total. The fraction of sp³-hybridized carbons (Fsp3) is 0.278. The van der Waals surface area contributed by atoms with Crippen LogP contribution in [0, 0.1) is 13.8 Å². The molecule has 0 atom stereocenters. The summed E-state index contributed by atoms with van der Waals surface area (Å²) in [5.41, 5.74) is 2.39. The summed E-state index contributed by atoms with van der Waals surface area (Å²) in [4.78, 5) is 12.6. The molecule has 0 unspecified atom stereocenters. The summed E-state index contributed by atoms with van der Waals surface area (Å²) in [6, 6.07) is 9.69. The Balaban J connectivity index is 1.70. The van der Waals surface area contributed by atoms with Crippen molar-refractivity contribution in [1.29, 1.82) is 0 Å². The van der Waals surface area contributed by atoms with Gasteiger partial charge >= 0.3 is 0 Å². The zero-order valence-corrected chi connectivity index (χ0v) is 13.8. The number of furan rings is 1. The van der Waals surface area contributed by atoms with Crippen molar-refractivity contribution in [2.45, 2.75) is 26.8 Å². The van der Waals surface area contributed by atoms with Crippen LogP contribution in [-0.2, 0) is 6.54 Å². The summed E-state index contributed by atoms with van der Waals surface area (Å²) in [5, 5.41) is 10.6. The van der Waals surface area contributed by atoms with E-state index in [1.165, 1.54) is 0 Å². The van der Waals surface area contributed by atoms with Crippen LogP contribution in [0.1, 0.15) is 28.1 Å². The van der Waals surface area contributed by atoms with Crippen molar-refractivity contribution in [2.24, 2.45) is 0 Å². The maximum absolute atomic E-state index is 12.6. The molecule has 3 aromatic rings. The van der Waals surface area contributed by atoms with E-state index in [0.717, 1.165) is 29.9 Å². The molecule has 0 saturated heterocycles. The second kappa shape index (κ2) is 7.12. The first kappa shape index (κ1) is 16.0. The topological polar surface area (TPSA) is 73.0 Å². The lowest BCUT2D eigenvalue weighted by molar-refractivity contribution is 0.0952. The Kier molecular flexibility index (Phi) is 4.74. The monoisotopic (exact) mass is 324 g/mol. The molecule has 2 heterocycles. The Morgan fingerprint density at radius 1 is 1.25 bits per heavy atom. The number of amides is 1. The first-order valence-electron chi connectivity index (χ1n) is 7.94. The Morgan fingerprint density at radius 3 is 2.75 bits per heavy atom. The third kappa shape index (κ3) is 3.37. The maximum Gasteiger partial charge on any atom is 0.255 e. The van der Waals surface area contributed by atoms with Crippen LogP contribution in [0.25, 0.3) is 11.3 Å². The average molecular weight is 324 g/mol. The SMILES string of the molecule is Cc1oc(-c2ccccc2)c(C(=O)NCCCn2ccnn2)c1C. The van der Waals surface area contributed by atoms with E-state index in [-0.39, 0.29) is 5.91 Å². The predicted octanol–water partition coefficient (Wildman–Crippen LogP) is 2.98. The molecule has 6 heteroatoms. The normalized spacial score (nSPS) is 10.8. The van der Waals surface area contributed by atoms with Crippen molar-refractivity contribution in [3.05, 3.63) is 59.6 Å². The number of hydrogen-bond donors (Lipinski definition) is 1. The Hall–Kier alpha value is -2.89. The Morgan fingerprint density at radius 2 is 2.04 bits per heavy atom. The highest BCUT2D eigenvalue weighted by molar-refractivity contribution is 6.01. The van der Waals surface area contributed by atoms with Gasteiger partial charge in [-0.2, -0.15) is 0 Å². The van der Waals surface area contributed by atoms with Gasteiger partial charge in [-0.15, -0.1) is 5.10 Å². The highest BCUT2D eigenvalue weighted by Gasteiger charge is 2.21. The Bertz CT molecular complexity index is 807. The van der Waals surface area contributed by atoms with E-state index in [1.807, 2.05) is 44.2 Å². The van der Waals surface area contributed by atoms with Crippen molar-refractivity contribution in [2.75, 3.05) is 6.54 Å². The zero-order chi connectivity index (χ0) is 16.9. The van der Waals surface area contributed by atoms with Gasteiger partial charge in [-0.25, -0.2) is 0 Å². The van der Waals surface area contributed by atoms with Gasteiger partial charge in [0.15, 0.2) is 0 Å². The van der Waals surface area contributed by atoms with E-state index in [4.69, 9.17) is 4.42 Å². The number of carbonyl (C=O) groups excluding carboxylic acids is 1.